The molecule has 0 N–H and O–H groups in total. The summed E-state index contributed by atoms with van der Waals surface area (Å²) in [7, 11) is 0. The Bertz CT molecular complexity index is 562. The zero-order valence-corrected chi connectivity index (χ0v) is 12.9. The molecule has 0 atom stereocenters. The van der Waals surface area contributed by atoms with E-state index >= 15 is 0 Å². The molecule has 17 heavy (non-hydrogen) atoms. The van der Waals surface area contributed by atoms with Crippen molar-refractivity contribution in [2.45, 2.75) is 13.3 Å². The molecule has 0 radical (unpaired) electrons. The third-order valence-electron chi connectivity index (χ3n) is 2.40. The first-order valence-electron chi connectivity index (χ1n) is 5.20. The van der Waals surface area contributed by atoms with E-state index in [1.165, 1.54) is 11.3 Å². The second-order valence-electron chi connectivity index (χ2n) is 3.56. The van der Waals surface area contributed by atoms with Gasteiger partial charge in [-0.1, -0.05) is 24.6 Å². The highest BCUT2D eigenvalue weighted by molar-refractivity contribution is 14.1. The molecule has 0 saturated carbocycles. The fourth-order valence-electron chi connectivity index (χ4n) is 1.50. The van der Waals surface area contributed by atoms with E-state index in [2.05, 4.69) is 22.6 Å². The van der Waals surface area contributed by atoms with Gasteiger partial charge in [-0.25, -0.2) is 0 Å². The molecule has 2 rings (SSSR count). The minimum Gasteiger partial charge on any atom is -0.293 e. The summed E-state index contributed by atoms with van der Waals surface area (Å²) in [6.07, 6.45) is 0.542. The second kappa shape index (κ2) is 5.50. The number of halogens is 2. The number of carbonyl (C=O) groups excluding carboxylic acids is 1. The molecule has 0 amide bonds. The summed E-state index contributed by atoms with van der Waals surface area (Å²) in [5, 5.41) is 0.731. The molecule has 0 saturated heterocycles. The van der Waals surface area contributed by atoms with Gasteiger partial charge in [0.15, 0.2) is 5.78 Å². The van der Waals surface area contributed by atoms with E-state index in [9.17, 15) is 4.79 Å². The average molecular weight is 377 g/mol. The van der Waals surface area contributed by atoms with E-state index < -0.39 is 0 Å². The van der Waals surface area contributed by atoms with Gasteiger partial charge in [0.05, 0.1) is 9.90 Å². The molecular weight excluding hydrogens is 367 g/mol. The van der Waals surface area contributed by atoms with Gasteiger partial charge in [-0.15, -0.1) is 11.3 Å². The Labute approximate surface area is 123 Å². The summed E-state index contributed by atoms with van der Waals surface area (Å²) in [5.41, 5.74) is 0.993. The van der Waals surface area contributed by atoms with Crippen LogP contribution in [-0.2, 0) is 0 Å². The summed E-state index contributed by atoms with van der Waals surface area (Å²) in [6, 6.07) is 9.78. The normalized spacial score (nSPS) is 10.5. The van der Waals surface area contributed by atoms with Gasteiger partial charge in [-0.05, 0) is 46.9 Å². The van der Waals surface area contributed by atoms with Crippen LogP contribution in [0.15, 0.2) is 30.3 Å². The van der Waals surface area contributed by atoms with Crippen LogP contribution >= 0.6 is 45.5 Å². The zero-order valence-electron chi connectivity index (χ0n) is 9.17. The van der Waals surface area contributed by atoms with Gasteiger partial charge in [0.1, 0.15) is 0 Å². The lowest BCUT2D eigenvalue weighted by Gasteiger charge is -2.01. The highest BCUT2D eigenvalue weighted by Gasteiger charge is 2.10. The quantitative estimate of drug-likeness (QED) is 0.527. The molecule has 0 aliphatic rings. The van der Waals surface area contributed by atoms with Crippen molar-refractivity contribution in [3.8, 4) is 10.4 Å². The minimum atomic E-state index is 0.183. The molecule has 1 heterocycles. The van der Waals surface area contributed by atoms with Gasteiger partial charge < -0.3 is 0 Å². The van der Waals surface area contributed by atoms with Crippen molar-refractivity contribution in [2.75, 3.05) is 0 Å². The lowest BCUT2D eigenvalue weighted by molar-refractivity contribution is 0.0992. The third-order valence-corrected chi connectivity index (χ3v) is 4.54. The number of Topliss-reactive ketones (excluding diaryl/α,β-unsaturated/α-hetero) is 1. The molecule has 2 aromatic rings. The van der Waals surface area contributed by atoms with Crippen LogP contribution in [0.5, 0.6) is 0 Å². The van der Waals surface area contributed by atoms with E-state index in [1.807, 2.05) is 37.3 Å². The summed E-state index contributed by atoms with van der Waals surface area (Å²) in [5.74, 6) is 0.183. The maximum Gasteiger partial charge on any atom is 0.172 e. The predicted molar refractivity (Wildman–Crippen MR) is 82.1 cm³/mol. The number of benzene rings is 1. The largest absolute Gasteiger partial charge is 0.293 e. The van der Waals surface area contributed by atoms with Crippen molar-refractivity contribution in [3.05, 3.63) is 43.8 Å². The van der Waals surface area contributed by atoms with Crippen LogP contribution in [0.2, 0.25) is 5.02 Å². The first-order valence-corrected chi connectivity index (χ1v) is 7.47. The van der Waals surface area contributed by atoms with Gasteiger partial charge in [0, 0.05) is 20.4 Å². The first kappa shape index (κ1) is 13.1. The van der Waals surface area contributed by atoms with Crippen molar-refractivity contribution in [1.29, 1.82) is 0 Å². The van der Waals surface area contributed by atoms with Crippen molar-refractivity contribution in [2.24, 2.45) is 0 Å². The Kier molecular flexibility index (Phi) is 4.22. The van der Waals surface area contributed by atoms with Crippen molar-refractivity contribution in [3.63, 3.8) is 0 Å². The fourth-order valence-corrected chi connectivity index (χ4v) is 3.56. The predicted octanol–water partition coefficient (Wildman–Crippen LogP) is 5.27. The van der Waals surface area contributed by atoms with Crippen molar-refractivity contribution in [1.82, 2.24) is 0 Å². The van der Waals surface area contributed by atoms with Crippen LogP contribution < -0.4 is 0 Å². The molecule has 0 unspecified atom stereocenters. The summed E-state index contributed by atoms with van der Waals surface area (Å²) in [4.78, 5) is 13.4. The SMILES string of the molecule is CCC(=O)c1ccc(-c2ccc(I)cc2Cl)s1. The van der Waals surface area contributed by atoms with Gasteiger partial charge in [-0.3, -0.25) is 4.79 Å². The lowest BCUT2D eigenvalue weighted by atomic mass is 10.2. The van der Waals surface area contributed by atoms with Gasteiger partial charge in [-0.2, -0.15) is 0 Å². The van der Waals surface area contributed by atoms with Crippen LogP contribution in [0.1, 0.15) is 23.0 Å². The van der Waals surface area contributed by atoms with Crippen LogP contribution in [0.3, 0.4) is 0 Å². The molecule has 0 fully saturated rings. The van der Waals surface area contributed by atoms with Crippen LogP contribution in [0, 0.1) is 3.57 Å². The van der Waals surface area contributed by atoms with Crippen LogP contribution in [0.4, 0.5) is 0 Å². The molecule has 1 aromatic heterocycles. The molecule has 0 spiro atoms. The highest BCUT2D eigenvalue weighted by atomic mass is 127. The van der Waals surface area contributed by atoms with Crippen molar-refractivity contribution >= 4 is 51.3 Å². The van der Waals surface area contributed by atoms with Gasteiger partial charge >= 0.3 is 0 Å². The first-order chi connectivity index (χ1) is 8.11. The summed E-state index contributed by atoms with van der Waals surface area (Å²) in [6.45, 7) is 1.87. The lowest BCUT2D eigenvalue weighted by Crippen LogP contribution is -1.90. The van der Waals surface area contributed by atoms with Crippen LogP contribution in [-0.4, -0.2) is 5.78 Å². The highest BCUT2D eigenvalue weighted by Crippen LogP contribution is 2.34. The number of hydrogen-bond donors (Lipinski definition) is 0. The van der Waals surface area contributed by atoms with Crippen molar-refractivity contribution < 1.29 is 4.79 Å². The molecule has 1 nitrogen and oxygen atoms in total. The Morgan fingerprint density at radius 2 is 2.12 bits per heavy atom. The molecular formula is C13H10ClIOS. The Morgan fingerprint density at radius 1 is 1.35 bits per heavy atom. The molecule has 88 valence electrons. The fraction of sp³-hybridized carbons (Fsp3) is 0.154. The summed E-state index contributed by atoms with van der Waals surface area (Å²) < 4.78 is 1.11. The number of thiophene rings is 1. The number of carbonyl (C=O) groups is 1. The van der Waals surface area contributed by atoms with Gasteiger partial charge in [0.2, 0.25) is 0 Å². The second-order valence-corrected chi connectivity index (χ2v) is 6.30. The van der Waals surface area contributed by atoms with E-state index in [0.717, 1.165) is 23.9 Å². The number of hydrogen-bond acceptors (Lipinski definition) is 2. The number of ketones is 1. The monoisotopic (exact) mass is 376 g/mol. The Hall–Kier alpha value is -0.390. The summed E-state index contributed by atoms with van der Waals surface area (Å²) >= 11 is 9.93. The zero-order chi connectivity index (χ0) is 12.4. The molecule has 0 aliphatic heterocycles. The van der Waals surface area contributed by atoms with Gasteiger partial charge in [0.25, 0.3) is 0 Å². The van der Waals surface area contributed by atoms with E-state index in [-0.39, 0.29) is 5.78 Å². The average Bonchev–Trinajstić information content (AvgIpc) is 2.77. The Morgan fingerprint density at radius 3 is 2.76 bits per heavy atom. The number of rotatable bonds is 3. The molecule has 4 heteroatoms. The maximum atomic E-state index is 11.6. The van der Waals surface area contributed by atoms with E-state index in [0.29, 0.717) is 6.42 Å². The minimum absolute atomic E-state index is 0.183. The molecule has 1 aromatic carbocycles. The van der Waals surface area contributed by atoms with Crippen LogP contribution in [0.25, 0.3) is 10.4 Å². The maximum absolute atomic E-state index is 11.6. The molecule has 0 aliphatic carbocycles. The van der Waals surface area contributed by atoms with E-state index in [4.69, 9.17) is 11.6 Å². The molecule has 0 bridgehead atoms. The topological polar surface area (TPSA) is 17.1 Å². The Balaban J connectivity index is 2.40. The smallest absolute Gasteiger partial charge is 0.172 e. The van der Waals surface area contributed by atoms with E-state index in [1.54, 1.807) is 0 Å². The standard InChI is InChI=1S/C13H10ClIOS/c1-2-11(16)13-6-5-12(17-13)9-4-3-8(15)7-10(9)14/h3-7H,2H2,1H3. The third kappa shape index (κ3) is 2.89.